The van der Waals surface area contributed by atoms with Gasteiger partial charge in [0.05, 0.1) is 0 Å². The van der Waals surface area contributed by atoms with Gasteiger partial charge in [-0.15, -0.1) is 0 Å². The van der Waals surface area contributed by atoms with Crippen LogP contribution in [-0.4, -0.2) is 18.1 Å². The summed E-state index contributed by atoms with van der Waals surface area (Å²) in [4.78, 5) is 0. The Morgan fingerprint density at radius 1 is 0.950 bits per heavy atom. The van der Waals surface area contributed by atoms with E-state index in [0.29, 0.717) is 0 Å². The maximum Gasteiger partial charge on any atom is 0.0374 e. The Morgan fingerprint density at radius 2 is 1.25 bits per heavy atom. The quantitative estimate of drug-likeness (QED) is 0.454. The third kappa shape index (κ3) is 12.5. The number of nitrogen functional groups attached to an aromatic ring is 1. The third-order valence-electron chi connectivity index (χ3n) is 2.37. The largest absolute Gasteiger partial charge is 0.398 e. The van der Waals surface area contributed by atoms with Gasteiger partial charge in [-0.05, 0) is 37.1 Å². The number of anilines is 1. The highest BCUT2D eigenvalue weighted by Gasteiger charge is 1.97. The zero-order chi connectivity index (χ0) is 16.7. The first-order chi connectivity index (χ1) is 9.42. The summed E-state index contributed by atoms with van der Waals surface area (Å²) < 4.78 is 1.09. The molecular formula is C16H34BrN3. The molecule has 0 fully saturated rings. The van der Waals surface area contributed by atoms with Crippen molar-refractivity contribution in [2.45, 2.75) is 55.4 Å². The van der Waals surface area contributed by atoms with Crippen LogP contribution >= 0.6 is 15.9 Å². The molecule has 0 radical (unpaired) electrons. The average molecular weight is 348 g/mol. The molecule has 1 rings (SSSR count). The lowest BCUT2D eigenvalue weighted by Crippen LogP contribution is -2.29. The minimum absolute atomic E-state index is 0.892. The number of aryl methyl sites for hydroxylation is 2. The minimum atomic E-state index is 0.892. The van der Waals surface area contributed by atoms with Gasteiger partial charge in [-0.1, -0.05) is 57.5 Å². The molecule has 0 saturated carbocycles. The third-order valence-corrected chi connectivity index (χ3v) is 2.83. The Kier molecular flexibility index (Phi) is 20.1. The van der Waals surface area contributed by atoms with Crippen LogP contribution in [0.25, 0.3) is 0 Å². The number of nitrogens with two attached hydrogens (primary N) is 2. The van der Waals surface area contributed by atoms with Crippen LogP contribution in [0.15, 0.2) is 16.6 Å². The second-order valence-electron chi connectivity index (χ2n) is 3.67. The molecular weight excluding hydrogens is 314 g/mol. The second kappa shape index (κ2) is 16.5. The Hall–Kier alpha value is -0.580. The molecule has 4 heteroatoms. The Balaban J connectivity index is -0.000000250. The van der Waals surface area contributed by atoms with E-state index in [1.807, 2.05) is 67.5 Å². The van der Waals surface area contributed by atoms with Crippen molar-refractivity contribution < 1.29 is 0 Å². The zero-order valence-electron chi connectivity index (χ0n) is 14.5. The van der Waals surface area contributed by atoms with E-state index in [2.05, 4.69) is 15.9 Å². The Bertz CT molecular complexity index is 300. The van der Waals surface area contributed by atoms with Crippen molar-refractivity contribution in [2.75, 3.05) is 18.8 Å². The summed E-state index contributed by atoms with van der Waals surface area (Å²) >= 11 is 3.39. The van der Waals surface area contributed by atoms with Gasteiger partial charge in [-0.3, -0.25) is 5.84 Å². The van der Waals surface area contributed by atoms with Gasteiger partial charge in [0.25, 0.3) is 0 Å². The number of rotatable bonds is 2. The SMILES string of the molecule is CC.CC.CCN(N)CC.Cc1cc(Br)cc(C)c1N. The molecule has 0 aliphatic rings. The maximum absolute atomic E-state index is 5.73. The highest BCUT2D eigenvalue weighted by Crippen LogP contribution is 2.21. The van der Waals surface area contributed by atoms with Crippen LogP contribution < -0.4 is 11.6 Å². The lowest BCUT2D eigenvalue weighted by atomic mass is 10.1. The normalized spacial score (nSPS) is 8.55. The summed E-state index contributed by atoms with van der Waals surface area (Å²) in [5, 5.41) is 1.75. The topological polar surface area (TPSA) is 55.3 Å². The van der Waals surface area contributed by atoms with Crippen molar-refractivity contribution >= 4 is 21.6 Å². The van der Waals surface area contributed by atoms with Gasteiger partial charge in [0.2, 0.25) is 0 Å². The van der Waals surface area contributed by atoms with Crippen molar-refractivity contribution in [3.05, 3.63) is 27.7 Å². The lowest BCUT2D eigenvalue weighted by Gasteiger charge is -2.07. The molecule has 3 nitrogen and oxygen atoms in total. The molecule has 0 aliphatic heterocycles. The zero-order valence-corrected chi connectivity index (χ0v) is 16.1. The van der Waals surface area contributed by atoms with Gasteiger partial charge in [0.15, 0.2) is 0 Å². The van der Waals surface area contributed by atoms with Gasteiger partial charge < -0.3 is 5.73 Å². The van der Waals surface area contributed by atoms with Gasteiger partial charge >= 0.3 is 0 Å². The number of hydrogen-bond donors (Lipinski definition) is 2. The van der Waals surface area contributed by atoms with E-state index in [0.717, 1.165) is 34.4 Å². The fourth-order valence-electron chi connectivity index (χ4n) is 1.15. The molecule has 0 amide bonds. The molecule has 0 aliphatic carbocycles. The molecule has 4 N–H and O–H groups in total. The second-order valence-corrected chi connectivity index (χ2v) is 4.59. The standard InChI is InChI=1S/C8H10BrN.C4H12N2.2C2H6/c1-5-3-7(9)4-6(2)8(5)10;1-3-6(5)4-2;2*1-2/h3-4H,10H2,1-2H3;3-5H2,1-2H3;2*1-2H3. The lowest BCUT2D eigenvalue weighted by molar-refractivity contribution is 0.316. The first kappa shape index (κ1) is 24.4. The number of hydrogen-bond acceptors (Lipinski definition) is 3. The number of nitrogens with zero attached hydrogens (tertiary/aromatic N) is 1. The van der Waals surface area contributed by atoms with Crippen molar-refractivity contribution in [1.82, 2.24) is 5.01 Å². The summed E-state index contributed by atoms with van der Waals surface area (Å²) in [6.45, 7) is 18.0. The summed E-state index contributed by atoms with van der Waals surface area (Å²) in [5.41, 5.74) is 8.88. The predicted molar refractivity (Wildman–Crippen MR) is 97.8 cm³/mol. The van der Waals surface area contributed by atoms with Gasteiger partial charge in [-0.25, -0.2) is 5.01 Å². The van der Waals surface area contributed by atoms with Gasteiger partial charge in [0.1, 0.15) is 0 Å². The van der Waals surface area contributed by atoms with Crippen molar-refractivity contribution in [3.63, 3.8) is 0 Å². The van der Waals surface area contributed by atoms with Crippen LogP contribution in [0.1, 0.15) is 52.7 Å². The minimum Gasteiger partial charge on any atom is -0.398 e. The van der Waals surface area contributed by atoms with Crippen LogP contribution in [0.2, 0.25) is 0 Å². The van der Waals surface area contributed by atoms with Crippen LogP contribution in [0, 0.1) is 13.8 Å². The van der Waals surface area contributed by atoms with Crippen LogP contribution in [0.4, 0.5) is 5.69 Å². The molecule has 0 unspecified atom stereocenters. The first-order valence-corrected chi connectivity index (χ1v) is 8.23. The van der Waals surface area contributed by atoms with E-state index in [1.54, 1.807) is 5.01 Å². The molecule has 120 valence electrons. The molecule has 1 aromatic carbocycles. The van der Waals surface area contributed by atoms with Gasteiger partial charge in [-0.2, -0.15) is 0 Å². The molecule has 0 saturated heterocycles. The highest BCUT2D eigenvalue weighted by molar-refractivity contribution is 9.10. The van der Waals surface area contributed by atoms with E-state index < -0.39 is 0 Å². The monoisotopic (exact) mass is 347 g/mol. The van der Waals surface area contributed by atoms with Crippen LogP contribution in [-0.2, 0) is 0 Å². The van der Waals surface area contributed by atoms with E-state index >= 15 is 0 Å². The molecule has 0 atom stereocenters. The summed E-state index contributed by atoms with van der Waals surface area (Å²) in [6, 6.07) is 4.03. The summed E-state index contributed by atoms with van der Waals surface area (Å²) in [7, 11) is 0. The molecule has 1 aromatic rings. The number of halogens is 1. The van der Waals surface area contributed by atoms with E-state index in [1.165, 1.54) is 0 Å². The number of hydrazine groups is 1. The fraction of sp³-hybridized carbons (Fsp3) is 0.625. The molecule has 0 spiro atoms. The Morgan fingerprint density at radius 3 is 1.45 bits per heavy atom. The predicted octanol–water partition coefficient (Wildman–Crippen LogP) is 4.90. The summed E-state index contributed by atoms with van der Waals surface area (Å²) in [6.07, 6.45) is 0. The number of benzene rings is 1. The van der Waals surface area contributed by atoms with Crippen LogP contribution in [0.5, 0.6) is 0 Å². The first-order valence-electron chi connectivity index (χ1n) is 7.44. The van der Waals surface area contributed by atoms with Gasteiger partial charge in [0, 0.05) is 23.2 Å². The Labute approximate surface area is 134 Å². The highest BCUT2D eigenvalue weighted by atomic mass is 79.9. The molecule has 0 bridgehead atoms. The van der Waals surface area contributed by atoms with E-state index in [-0.39, 0.29) is 0 Å². The smallest absolute Gasteiger partial charge is 0.0374 e. The van der Waals surface area contributed by atoms with Crippen LogP contribution in [0.3, 0.4) is 0 Å². The molecule has 0 heterocycles. The van der Waals surface area contributed by atoms with E-state index in [9.17, 15) is 0 Å². The molecule has 20 heavy (non-hydrogen) atoms. The molecule has 0 aromatic heterocycles. The fourth-order valence-corrected chi connectivity index (χ4v) is 1.83. The van der Waals surface area contributed by atoms with Crippen molar-refractivity contribution in [3.8, 4) is 0 Å². The van der Waals surface area contributed by atoms with Crippen molar-refractivity contribution in [2.24, 2.45) is 5.84 Å². The van der Waals surface area contributed by atoms with Crippen molar-refractivity contribution in [1.29, 1.82) is 0 Å². The summed E-state index contributed by atoms with van der Waals surface area (Å²) in [5.74, 6) is 5.31. The van der Waals surface area contributed by atoms with E-state index in [4.69, 9.17) is 11.6 Å². The maximum atomic E-state index is 5.73. The average Bonchev–Trinajstić information content (AvgIpc) is 2.48.